The van der Waals surface area contributed by atoms with Crippen LogP contribution in [0, 0.1) is 5.82 Å². The van der Waals surface area contributed by atoms with E-state index in [1.165, 1.54) is 12.1 Å². The van der Waals surface area contributed by atoms with Gasteiger partial charge >= 0.3 is 0 Å². The van der Waals surface area contributed by atoms with Crippen LogP contribution in [0.5, 0.6) is 0 Å². The number of hydrogen-bond acceptors (Lipinski definition) is 1. The summed E-state index contributed by atoms with van der Waals surface area (Å²) in [6.45, 7) is 0. The molecular weight excluding hydrogens is 342 g/mol. The quantitative estimate of drug-likeness (QED) is 0.688. The molecule has 0 radical (unpaired) electrons. The van der Waals surface area contributed by atoms with Crippen molar-refractivity contribution in [2.75, 3.05) is 0 Å². The minimum absolute atomic E-state index is 0.0561. The van der Waals surface area contributed by atoms with Crippen LogP contribution in [0.25, 0.3) is 0 Å². The van der Waals surface area contributed by atoms with E-state index in [4.69, 9.17) is 23.2 Å². The summed E-state index contributed by atoms with van der Waals surface area (Å²) in [5.74, 6) is -1.14. The molecule has 0 unspecified atom stereocenters. The number of hydrogen-bond donors (Lipinski definition) is 0. The summed E-state index contributed by atoms with van der Waals surface area (Å²) in [6, 6.07) is 8.82. The maximum atomic E-state index is 13.7. The fourth-order valence-corrected chi connectivity index (χ4v) is 2.23. The number of carbonyl (C=O) groups excluding carboxylic acids is 1. The van der Waals surface area contributed by atoms with Crippen LogP contribution in [0.1, 0.15) is 15.9 Å². The van der Waals surface area contributed by atoms with Crippen molar-refractivity contribution in [1.82, 2.24) is 0 Å². The molecule has 18 heavy (non-hydrogen) atoms. The van der Waals surface area contributed by atoms with Crippen molar-refractivity contribution in [3.63, 3.8) is 0 Å². The van der Waals surface area contributed by atoms with Gasteiger partial charge in [-0.2, -0.15) is 0 Å². The lowest BCUT2D eigenvalue weighted by Crippen LogP contribution is -2.05. The van der Waals surface area contributed by atoms with Crippen molar-refractivity contribution in [3.05, 3.63) is 67.9 Å². The van der Waals surface area contributed by atoms with Crippen LogP contribution in [0.4, 0.5) is 4.39 Å². The second kappa shape index (κ2) is 5.39. The van der Waals surface area contributed by atoms with E-state index in [-0.39, 0.29) is 21.2 Å². The Labute approximate surface area is 122 Å². The van der Waals surface area contributed by atoms with Crippen molar-refractivity contribution < 1.29 is 9.18 Å². The first-order chi connectivity index (χ1) is 8.50. The summed E-state index contributed by atoms with van der Waals surface area (Å²) in [6.07, 6.45) is 0. The molecule has 92 valence electrons. The van der Waals surface area contributed by atoms with Crippen LogP contribution < -0.4 is 0 Å². The summed E-state index contributed by atoms with van der Waals surface area (Å²) in [7, 11) is 0. The highest BCUT2D eigenvalue weighted by atomic mass is 79.9. The predicted molar refractivity (Wildman–Crippen MR) is 74.0 cm³/mol. The molecule has 0 aromatic heterocycles. The number of carbonyl (C=O) groups is 1. The lowest BCUT2D eigenvalue weighted by molar-refractivity contribution is 0.103. The van der Waals surface area contributed by atoms with Crippen LogP contribution >= 0.6 is 39.1 Å². The lowest BCUT2D eigenvalue weighted by Gasteiger charge is -2.06. The molecule has 2 rings (SSSR count). The zero-order valence-electron chi connectivity index (χ0n) is 8.88. The Bertz CT molecular complexity index is 628. The Hall–Kier alpha value is -0.900. The maximum absolute atomic E-state index is 13.7. The largest absolute Gasteiger partial charge is 0.288 e. The summed E-state index contributed by atoms with van der Waals surface area (Å²) in [5.41, 5.74) is 0.187. The normalized spacial score (nSPS) is 10.4. The first-order valence-electron chi connectivity index (χ1n) is 4.94. The van der Waals surface area contributed by atoms with E-state index < -0.39 is 11.6 Å². The van der Waals surface area contributed by atoms with Crippen LogP contribution in [0.15, 0.2) is 40.9 Å². The summed E-state index contributed by atoms with van der Waals surface area (Å²) < 4.78 is 14.2. The van der Waals surface area contributed by atoms with Gasteiger partial charge in [-0.3, -0.25) is 4.79 Å². The zero-order chi connectivity index (χ0) is 13.3. The fraction of sp³-hybridized carbons (Fsp3) is 0. The minimum Gasteiger partial charge on any atom is -0.288 e. The van der Waals surface area contributed by atoms with Gasteiger partial charge in [0.05, 0.1) is 10.6 Å². The van der Waals surface area contributed by atoms with Crippen LogP contribution in [-0.4, -0.2) is 5.78 Å². The molecule has 0 saturated heterocycles. The minimum atomic E-state index is -0.663. The molecule has 0 atom stereocenters. The smallest absolute Gasteiger partial charge is 0.197 e. The van der Waals surface area contributed by atoms with Crippen molar-refractivity contribution >= 4 is 44.9 Å². The van der Waals surface area contributed by atoms with E-state index in [0.717, 1.165) is 6.07 Å². The molecule has 0 bridgehead atoms. The van der Waals surface area contributed by atoms with Crippen LogP contribution in [-0.2, 0) is 0 Å². The van der Waals surface area contributed by atoms with Gasteiger partial charge < -0.3 is 0 Å². The summed E-state index contributed by atoms with van der Waals surface area (Å²) >= 11 is 14.9. The standard InChI is InChI=1S/C13H6BrCl2FO/c14-10-3-1-2-9(12(10)16)13(18)8-5-4-7(15)6-11(8)17/h1-6H. The van der Waals surface area contributed by atoms with Gasteiger partial charge in [-0.25, -0.2) is 4.39 Å². The van der Waals surface area contributed by atoms with E-state index in [1.54, 1.807) is 18.2 Å². The van der Waals surface area contributed by atoms with Gasteiger partial charge in [-0.1, -0.05) is 29.3 Å². The third-order valence-corrected chi connectivity index (χ3v) is 3.90. The van der Waals surface area contributed by atoms with Gasteiger partial charge in [-0.05, 0) is 46.3 Å². The van der Waals surface area contributed by atoms with Crippen molar-refractivity contribution in [3.8, 4) is 0 Å². The van der Waals surface area contributed by atoms with Gasteiger partial charge in [0.15, 0.2) is 5.78 Å². The summed E-state index contributed by atoms with van der Waals surface area (Å²) in [5, 5.41) is 0.501. The summed E-state index contributed by atoms with van der Waals surface area (Å²) in [4.78, 5) is 12.2. The molecule has 0 amide bonds. The fourth-order valence-electron chi connectivity index (χ4n) is 1.50. The van der Waals surface area contributed by atoms with Gasteiger partial charge in [0, 0.05) is 15.1 Å². The van der Waals surface area contributed by atoms with Crippen LogP contribution in [0.3, 0.4) is 0 Å². The van der Waals surface area contributed by atoms with E-state index in [9.17, 15) is 9.18 Å². The molecule has 0 N–H and O–H groups in total. The zero-order valence-corrected chi connectivity index (χ0v) is 12.0. The number of rotatable bonds is 2. The van der Waals surface area contributed by atoms with E-state index in [2.05, 4.69) is 15.9 Å². The number of ketones is 1. The topological polar surface area (TPSA) is 17.1 Å². The van der Waals surface area contributed by atoms with Crippen molar-refractivity contribution in [1.29, 1.82) is 0 Å². The molecule has 1 nitrogen and oxygen atoms in total. The average Bonchev–Trinajstić information content (AvgIpc) is 2.32. The highest BCUT2D eigenvalue weighted by Gasteiger charge is 2.18. The lowest BCUT2D eigenvalue weighted by atomic mass is 10.0. The SMILES string of the molecule is O=C(c1ccc(Cl)cc1F)c1cccc(Br)c1Cl. The molecule has 0 aliphatic rings. The highest BCUT2D eigenvalue weighted by Crippen LogP contribution is 2.28. The Morgan fingerprint density at radius 1 is 1.11 bits per heavy atom. The Kier molecular flexibility index (Phi) is 4.05. The van der Waals surface area contributed by atoms with Gasteiger partial charge in [0.2, 0.25) is 0 Å². The second-order valence-electron chi connectivity index (χ2n) is 3.55. The predicted octanol–water partition coefficient (Wildman–Crippen LogP) is 5.13. The molecule has 0 fully saturated rings. The molecule has 5 heteroatoms. The van der Waals surface area contributed by atoms with Gasteiger partial charge in [0.1, 0.15) is 5.82 Å². The van der Waals surface area contributed by atoms with E-state index in [1.807, 2.05) is 0 Å². The van der Waals surface area contributed by atoms with E-state index in [0.29, 0.717) is 4.47 Å². The van der Waals surface area contributed by atoms with Crippen molar-refractivity contribution in [2.24, 2.45) is 0 Å². The molecule has 2 aromatic carbocycles. The maximum Gasteiger partial charge on any atom is 0.197 e. The first kappa shape index (κ1) is 13.5. The van der Waals surface area contributed by atoms with E-state index >= 15 is 0 Å². The Balaban J connectivity index is 2.51. The molecule has 0 aliphatic heterocycles. The molecule has 0 heterocycles. The van der Waals surface area contributed by atoms with Gasteiger partial charge in [-0.15, -0.1) is 0 Å². The first-order valence-corrected chi connectivity index (χ1v) is 6.49. The molecule has 0 aliphatic carbocycles. The Morgan fingerprint density at radius 2 is 1.83 bits per heavy atom. The number of halogens is 4. The molecule has 0 saturated carbocycles. The van der Waals surface area contributed by atoms with Gasteiger partial charge in [0.25, 0.3) is 0 Å². The third-order valence-electron chi connectivity index (χ3n) is 2.37. The highest BCUT2D eigenvalue weighted by molar-refractivity contribution is 9.10. The average molecular weight is 348 g/mol. The number of benzene rings is 2. The molecule has 0 spiro atoms. The molecular formula is C13H6BrCl2FO. The van der Waals surface area contributed by atoms with Crippen molar-refractivity contribution in [2.45, 2.75) is 0 Å². The Morgan fingerprint density at radius 3 is 2.50 bits per heavy atom. The second-order valence-corrected chi connectivity index (χ2v) is 5.22. The van der Waals surface area contributed by atoms with Crippen LogP contribution in [0.2, 0.25) is 10.0 Å². The molecule has 2 aromatic rings. The monoisotopic (exact) mass is 346 g/mol. The third kappa shape index (κ3) is 2.58.